The first-order valence-electron chi connectivity index (χ1n) is 11.5. The van der Waals surface area contributed by atoms with E-state index in [1.54, 1.807) is 30.3 Å². The van der Waals surface area contributed by atoms with Gasteiger partial charge >= 0.3 is 5.97 Å². The molecule has 2 fully saturated rings. The molecule has 1 saturated carbocycles. The van der Waals surface area contributed by atoms with E-state index in [1.807, 2.05) is 19.2 Å². The number of esters is 1. The number of likely N-dealkylation sites (N-methyl/N-ethyl adjacent to an activating group) is 1. The van der Waals surface area contributed by atoms with Gasteiger partial charge in [-0.2, -0.15) is 0 Å². The summed E-state index contributed by atoms with van der Waals surface area (Å²) >= 11 is 12.1. The Morgan fingerprint density at radius 2 is 1.97 bits per heavy atom. The third-order valence-electron chi connectivity index (χ3n) is 7.26. The molecule has 2 aliphatic rings. The van der Waals surface area contributed by atoms with Crippen molar-refractivity contribution in [2.24, 2.45) is 0 Å². The van der Waals surface area contributed by atoms with Gasteiger partial charge < -0.3 is 20.1 Å². The van der Waals surface area contributed by atoms with E-state index in [4.69, 9.17) is 27.9 Å². The van der Waals surface area contributed by atoms with Crippen molar-refractivity contribution in [1.82, 2.24) is 10.2 Å². The molecule has 2 unspecified atom stereocenters. The van der Waals surface area contributed by atoms with E-state index < -0.39 is 11.0 Å². The number of nitrogens with one attached hydrogen (secondary N) is 1. The second-order valence-electron chi connectivity index (χ2n) is 9.64. The average molecular weight is 505 g/mol. The van der Waals surface area contributed by atoms with Crippen molar-refractivity contribution in [1.29, 1.82) is 0 Å². The molecular formula is C26H30Cl2N2O4. The molecule has 3 atom stereocenters. The Morgan fingerprint density at radius 1 is 1.18 bits per heavy atom. The number of halogens is 2. The normalized spacial score (nSPS) is 27.0. The lowest BCUT2D eigenvalue weighted by Crippen LogP contribution is -2.68. The second-order valence-corrected chi connectivity index (χ2v) is 10.5. The van der Waals surface area contributed by atoms with Crippen LogP contribution in [0.4, 0.5) is 0 Å². The maximum atomic E-state index is 12.9. The quantitative estimate of drug-likeness (QED) is 0.586. The van der Waals surface area contributed by atoms with Crippen molar-refractivity contribution < 1.29 is 19.4 Å². The predicted molar refractivity (Wildman–Crippen MR) is 132 cm³/mol. The van der Waals surface area contributed by atoms with E-state index in [9.17, 15) is 14.7 Å². The number of carbonyl (C=O) groups is 2. The van der Waals surface area contributed by atoms with E-state index in [0.717, 1.165) is 24.1 Å². The van der Waals surface area contributed by atoms with Gasteiger partial charge in [-0.15, -0.1) is 0 Å². The number of carbonyl (C=O) groups excluding carboxylic acids is 2. The number of piperidine rings is 1. The zero-order chi connectivity index (χ0) is 24.5. The number of hydrogen-bond donors (Lipinski definition) is 2. The van der Waals surface area contributed by atoms with Crippen molar-refractivity contribution in [3.63, 3.8) is 0 Å². The van der Waals surface area contributed by atoms with Crippen LogP contribution in [0.3, 0.4) is 0 Å². The van der Waals surface area contributed by atoms with Crippen LogP contribution < -0.4 is 5.32 Å². The number of phenols is 1. The van der Waals surface area contributed by atoms with Crippen LogP contribution in [-0.2, 0) is 26.2 Å². The molecule has 6 nitrogen and oxygen atoms in total. The summed E-state index contributed by atoms with van der Waals surface area (Å²) in [6, 6.07) is 12.3. The van der Waals surface area contributed by atoms with Crippen LogP contribution in [0.1, 0.15) is 43.7 Å². The van der Waals surface area contributed by atoms with E-state index in [1.165, 1.54) is 6.92 Å². The summed E-state index contributed by atoms with van der Waals surface area (Å²) in [6.45, 7) is 2.87. The minimum atomic E-state index is -0.732. The molecule has 0 radical (unpaired) electrons. The number of fused-ring (bicyclic) bond motifs is 1. The highest BCUT2D eigenvalue weighted by Crippen LogP contribution is 2.53. The van der Waals surface area contributed by atoms with Gasteiger partial charge in [0.05, 0.1) is 16.5 Å². The largest absolute Gasteiger partial charge is 0.508 e. The molecular weight excluding hydrogens is 475 g/mol. The molecule has 0 bridgehead atoms. The molecule has 0 spiro atoms. The minimum absolute atomic E-state index is 0.0929. The van der Waals surface area contributed by atoms with Crippen molar-refractivity contribution in [3.05, 3.63) is 63.6 Å². The second kappa shape index (κ2) is 9.76. The van der Waals surface area contributed by atoms with Gasteiger partial charge in [-0.1, -0.05) is 41.4 Å². The SMILES string of the molecule is CC(=O)OC12CC[C@H](NC(=O)Cc3ccc(Cl)c(Cl)c3)CC1(c1cccc(O)c1)CCN(C)C2. The van der Waals surface area contributed by atoms with Crippen LogP contribution in [-0.4, -0.2) is 53.7 Å². The number of phenolic OH excluding ortho intramolecular Hbond substituents is 1. The number of ether oxygens (including phenoxy) is 1. The monoisotopic (exact) mass is 504 g/mol. The zero-order valence-corrected chi connectivity index (χ0v) is 21.0. The number of rotatable bonds is 5. The van der Waals surface area contributed by atoms with Gasteiger partial charge in [-0.05, 0) is 74.7 Å². The van der Waals surface area contributed by atoms with Gasteiger partial charge in [-0.25, -0.2) is 0 Å². The fourth-order valence-electron chi connectivity index (χ4n) is 5.83. The van der Waals surface area contributed by atoms with Crippen LogP contribution in [0, 0.1) is 0 Å². The summed E-state index contributed by atoms with van der Waals surface area (Å²) in [5.74, 6) is -0.238. The Balaban J connectivity index is 1.62. The number of likely N-dealkylation sites (tertiary alicyclic amines) is 1. The third-order valence-corrected chi connectivity index (χ3v) is 8.00. The maximum Gasteiger partial charge on any atom is 0.303 e. The molecule has 2 aromatic rings. The molecule has 8 heteroatoms. The summed E-state index contributed by atoms with van der Waals surface area (Å²) in [5.41, 5.74) is 0.470. The smallest absolute Gasteiger partial charge is 0.303 e. The van der Waals surface area contributed by atoms with Crippen molar-refractivity contribution in [2.75, 3.05) is 20.1 Å². The van der Waals surface area contributed by atoms with Crippen LogP contribution in [0.25, 0.3) is 0 Å². The standard InChI is InChI=1S/C26H30Cl2N2O4/c1-17(31)34-26-9-8-20(29-24(33)13-18-6-7-22(27)23(28)12-18)15-25(26,10-11-30(2)16-26)19-4-3-5-21(32)14-19/h3-7,12,14,20,32H,8-11,13,15-16H2,1-2H3,(H,29,33)/t20-,25?,26?/m0/s1. The Kier molecular flexibility index (Phi) is 7.13. The first kappa shape index (κ1) is 24.8. The van der Waals surface area contributed by atoms with E-state index in [0.29, 0.717) is 35.9 Å². The van der Waals surface area contributed by atoms with Gasteiger partial charge in [0, 0.05) is 24.9 Å². The molecule has 34 heavy (non-hydrogen) atoms. The molecule has 1 saturated heterocycles. The molecule has 1 aliphatic carbocycles. The Bertz CT molecular complexity index is 1090. The van der Waals surface area contributed by atoms with Gasteiger partial charge in [0.2, 0.25) is 5.91 Å². The van der Waals surface area contributed by atoms with Crippen molar-refractivity contribution >= 4 is 35.1 Å². The summed E-state index contributed by atoms with van der Waals surface area (Å²) in [6.07, 6.45) is 2.87. The summed E-state index contributed by atoms with van der Waals surface area (Å²) in [4.78, 5) is 27.4. The van der Waals surface area contributed by atoms with Crippen LogP contribution >= 0.6 is 23.2 Å². The van der Waals surface area contributed by atoms with Gasteiger partial charge in [0.25, 0.3) is 0 Å². The molecule has 1 amide bonds. The number of amides is 1. The molecule has 182 valence electrons. The summed E-state index contributed by atoms with van der Waals surface area (Å²) < 4.78 is 6.12. The number of nitrogens with zero attached hydrogens (tertiary/aromatic N) is 1. The zero-order valence-electron chi connectivity index (χ0n) is 19.4. The maximum absolute atomic E-state index is 12.9. The van der Waals surface area contributed by atoms with Crippen molar-refractivity contribution in [2.45, 2.75) is 56.1 Å². The van der Waals surface area contributed by atoms with Crippen LogP contribution in [0.5, 0.6) is 5.75 Å². The van der Waals surface area contributed by atoms with Gasteiger partial charge in [0.1, 0.15) is 11.4 Å². The van der Waals surface area contributed by atoms with Crippen LogP contribution in [0.2, 0.25) is 10.0 Å². The van der Waals surface area contributed by atoms with Crippen molar-refractivity contribution in [3.8, 4) is 5.75 Å². The molecule has 1 aliphatic heterocycles. The molecule has 4 rings (SSSR count). The Labute approximate surface area is 210 Å². The first-order chi connectivity index (χ1) is 16.1. The molecule has 2 aromatic carbocycles. The molecule has 1 heterocycles. The Hall–Kier alpha value is -2.28. The molecule has 2 N–H and O–H groups in total. The first-order valence-corrected chi connectivity index (χ1v) is 12.3. The van der Waals surface area contributed by atoms with Gasteiger partial charge in [-0.3, -0.25) is 9.59 Å². The van der Waals surface area contributed by atoms with Crippen LogP contribution in [0.15, 0.2) is 42.5 Å². The van der Waals surface area contributed by atoms with E-state index >= 15 is 0 Å². The number of aromatic hydroxyl groups is 1. The highest BCUT2D eigenvalue weighted by atomic mass is 35.5. The third kappa shape index (κ3) is 4.90. The fourth-order valence-corrected chi connectivity index (χ4v) is 6.15. The number of hydrogen-bond acceptors (Lipinski definition) is 5. The average Bonchev–Trinajstić information content (AvgIpc) is 2.76. The highest BCUT2D eigenvalue weighted by Gasteiger charge is 2.60. The minimum Gasteiger partial charge on any atom is -0.508 e. The lowest BCUT2D eigenvalue weighted by atomic mass is 9.55. The lowest BCUT2D eigenvalue weighted by Gasteiger charge is -2.59. The molecule has 0 aromatic heterocycles. The predicted octanol–water partition coefficient (Wildman–Crippen LogP) is 4.49. The highest BCUT2D eigenvalue weighted by molar-refractivity contribution is 6.42. The van der Waals surface area contributed by atoms with Gasteiger partial charge in [0.15, 0.2) is 0 Å². The number of benzene rings is 2. The van der Waals surface area contributed by atoms with E-state index in [2.05, 4.69) is 10.2 Å². The topological polar surface area (TPSA) is 78.9 Å². The Morgan fingerprint density at radius 3 is 2.68 bits per heavy atom. The lowest BCUT2D eigenvalue weighted by molar-refractivity contribution is -0.185. The fraction of sp³-hybridized carbons (Fsp3) is 0.462. The summed E-state index contributed by atoms with van der Waals surface area (Å²) in [5, 5.41) is 14.3. The summed E-state index contributed by atoms with van der Waals surface area (Å²) in [7, 11) is 2.03. The van der Waals surface area contributed by atoms with E-state index in [-0.39, 0.29) is 30.1 Å².